The summed E-state index contributed by atoms with van der Waals surface area (Å²) in [6, 6.07) is 4.42. The van der Waals surface area contributed by atoms with E-state index in [1.807, 2.05) is 6.07 Å². The molecule has 0 bridgehead atoms. The van der Waals surface area contributed by atoms with Crippen molar-refractivity contribution < 1.29 is 9.90 Å². The molecule has 0 saturated heterocycles. The van der Waals surface area contributed by atoms with E-state index in [9.17, 15) is 9.90 Å². The molecular formula is C14H16N2O2S2. The molecule has 2 atom stereocenters. The molecule has 0 spiro atoms. The van der Waals surface area contributed by atoms with Gasteiger partial charge in [0.25, 0.3) is 0 Å². The average molecular weight is 308 g/mol. The topological polar surface area (TPSA) is 62.2 Å². The normalized spacial score (nSPS) is 18.8. The largest absolute Gasteiger partial charge is 0.481 e. The summed E-state index contributed by atoms with van der Waals surface area (Å²) in [6.45, 7) is 2.14. The summed E-state index contributed by atoms with van der Waals surface area (Å²) in [5.41, 5.74) is 0.769. The fraction of sp³-hybridized carbons (Fsp3) is 0.429. The SMILES string of the molecule is CCC(Nc1nc2c(s1)CCC2C(=O)O)c1cccs1. The van der Waals surface area contributed by atoms with Crippen LogP contribution >= 0.6 is 22.7 Å². The second-order valence-electron chi connectivity index (χ2n) is 4.88. The van der Waals surface area contributed by atoms with Gasteiger partial charge in [0.2, 0.25) is 0 Å². The quantitative estimate of drug-likeness (QED) is 0.880. The van der Waals surface area contributed by atoms with Gasteiger partial charge in [-0.1, -0.05) is 13.0 Å². The number of thiazole rings is 1. The Morgan fingerprint density at radius 1 is 1.65 bits per heavy atom. The monoisotopic (exact) mass is 308 g/mol. The van der Waals surface area contributed by atoms with E-state index in [2.05, 4.69) is 28.7 Å². The van der Waals surface area contributed by atoms with Crippen LogP contribution in [-0.4, -0.2) is 16.1 Å². The maximum atomic E-state index is 11.2. The van der Waals surface area contributed by atoms with Crippen LogP contribution < -0.4 is 5.32 Å². The van der Waals surface area contributed by atoms with Crippen molar-refractivity contribution in [2.75, 3.05) is 5.32 Å². The number of fused-ring (bicyclic) bond motifs is 1. The Bertz CT molecular complexity index is 607. The minimum absolute atomic E-state index is 0.254. The molecule has 0 saturated carbocycles. The van der Waals surface area contributed by atoms with Crippen LogP contribution in [0.2, 0.25) is 0 Å². The molecular weight excluding hydrogens is 292 g/mol. The molecule has 2 aromatic rings. The third kappa shape index (κ3) is 2.45. The van der Waals surface area contributed by atoms with Gasteiger partial charge in [-0.2, -0.15) is 0 Å². The number of nitrogens with zero attached hydrogens (tertiary/aromatic N) is 1. The van der Waals surface area contributed by atoms with Crippen LogP contribution in [0.5, 0.6) is 0 Å². The van der Waals surface area contributed by atoms with Gasteiger partial charge in [0.1, 0.15) is 5.92 Å². The number of aryl methyl sites for hydroxylation is 1. The molecule has 6 heteroatoms. The summed E-state index contributed by atoms with van der Waals surface area (Å²) in [5, 5.41) is 15.6. The van der Waals surface area contributed by atoms with Crippen LogP contribution in [0.15, 0.2) is 17.5 Å². The lowest BCUT2D eigenvalue weighted by Crippen LogP contribution is -2.10. The fourth-order valence-electron chi connectivity index (χ4n) is 2.54. The Hall–Kier alpha value is -1.40. The predicted molar refractivity (Wildman–Crippen MR) is 81.8 cm³/mol. The Morgan fingerprint density at radius 3 is 3.15 bits per heavy atom. The molecule has 106 valence electrons. The van der Waals surface area contributed by atoms with Crippen molar-refractivity contribution in [2.45, 2.75) is 38.1 Å². The zero-order valence-corrected chi connectivity index (χ0v) is 12.8. The number of hydrogen-bond acceptors (Lipinski definition) is 5. The molecule has 0 aliphatic heterocycles. The second kappa shape index (κ2) is 5.54. The van der Waals surface area contributed by atoms with Crippen molar-refractivity contribution in [3.8, 4) is 0 Å². The first-order valence-electron chi connectivity index (χ1n) is 6.71. The van der Waals surface area contributed by atoms with Crippen LogP contribution in [0.3, 0.4) is 0 Å². The van der Waals surface area contributed by atoms with E-state index in [1.54, 1.807) is 22.7 Å². The van der Waals surface area contributed by atoms with Crippen LogP contribution in [0.1, 0.15) is 47.2 Å². The van der Waals surface area contributed by atoms with Crippen molar-refractivity contribution in [3.63, 3.8) is 0 Å². The first-order chi connectivity index (χ1) is 9.69. The van der Waals surface area contributed by atoms with Crippen LogP contribution in [0.25, 0.3) is 0 Å². The van der Waals surface area contributed by atoms with E-state index >= 15 is 0 Å². The minimum atomic E-state index is -0.758. The van der Waals surface area contributed by atoms with Crippen LogP contribution in [0.4, 0.5) is 5.13 Å². The maximum Gasteiger partial charge on any atom is 0.312 e. The molecule has 1 aliphatic rings. The van der Waals surface area contributed by atoms with Gasteiger partial charge >= 0.3 is 5.97 Å². The number of aromatic nitrogens is 1. The standard InChI is InChI=1S/C14H16N2O2S2/c1-2-9(10-4-3-7-19-10)15-14-16-12-8(13(17)18)5-6-11(12)20-14/h3-4,7-9H,2,5-6H2,1H3,(H,15,16)(H,17,18). The summed E-state index contributed by atoms with van der Waals surface area (Å²) < 4.78 is 0. The highest BCUT2D eigenvalue weighted by Crippen LogP contribution is 2.39. The summed E-state index contributed by atoms with van der Waals surface area (Å²) in [4.78, 5) is 18.1. The number of rotatable bonds is 5. The lowest BCUT2D eigenvalue weighted by molar-refractivity contribution is -0.138. The highest BCUT2D eigenvalue weighted by atomic mass is 32.1. The summed E-state index contributed by atoms with van der Waals surface area (Å²) in [5.74, 6) is -1.18. The van der Waals surface area contributed by atoms with E-state index in [-0.39, 0.29) is 6.04 Å². The van der Waals surface area contributed by atoms with Gasteiger partial charge in [0.05, 0.1) is 11.7 Å². The number of nitrogens with one attached hydrogen (secondary N) is 1. The smallest absolute Gasteiger partial charge is 0.312 e. The number of aliphatic carboxylic acids is 1. The lowest BCUT2D eigenvalue weighted by Gasteiger charge is -2.14. The summed E-state index contributed by atoms with van der Waals surface area (Å²) in [7, 11) is 0. The Kier molecular flexibility index (Phi) is 3.76. The van der Waals surface area contributed by atoms with Crippen LogP contribution in [-0.2, 0) is 11.2 Å². The zero-order chi connectivity index (χ0) is 14.1. The van der Waals surface area contributed by atoms with E-state index in [0.717, 1.165) is 28.5 Å². The third-order valence-electron chi connectivity index (χ3n) is 3.61. The zero-order valence-electron chi connectivity index (χ0n) is 11.1. The second-order valence-corrected chi connectivity index (χ2v) is 6.94. The first-order valence-corrected chi connectivity index (χ1v) is 8.41. The van der Waals surface area contributed by atoms with Gasteiger partial charge in [-0.3, -0.25) is 4.79 Å². The number of carboxylic acids is 1. The van der Waals surface area contributed by atoms with Gasteiger partial charge < -0.3 is 10.4 Å². The van der Waals surface area contributed by atoms with Gasteiger partial charge in [-0.05, 0) is 30.7 Å². The Labute approximate surface area is 125 Å². The summed E-state index contributed by atoms with van der Waals surface area (Å²) >= 11 is 3.33. The first kappa shape index (κ1) is 13.6. The van der Waals surface area contributed by atoms with Gasteiger partial charge in [0.15, 0.2) is 5.13 Å². The molecule has 2 unspecified atom stereocenters. The van der Waals surface area contributed by atoms with E-state index in [1.165, 1.54) is 4.88 Å². The lowest BCUT2D eigenvalue weighted by atomic mass is 10.1. The minimum Gasteiger partial charge on any atom is -0.481 e. The fourth-order valence-corrected chi connectivity index (χ4v) is 4.49. The summed E-state index contributed by atoms with van der Waals surface area (Å²) in [6.07, 6.45) is 2.50. The maximum absolute atomic E-state index is 11.2. The van der Waals surface area contributed by atoms with Crippen molar-refractivity contribution in [3.05, 3.63) is 33.0 Å². The highest BCUT2D eigenvalue weighted by Gasteiger charge is 2.32. The van der Waals surface area contributed by atoms with Crippen molar-refractivity contribution in [1.82, 2.24) is 4.98 Å². The van der Waals surface area contributed by atoms with Crippen LogP contribution in [0, 0.1) is 0 Å². The molecule has 3 rings (SSSR count). The highest BCUT2D eigenvalue weighted by molar-refractivity contribution is 7.15. The number of thiophene rings is 1. The molecule has 0 aromatic carbocycles. The van der Waals surface area contributed by atoms with Gasteiger partial charge in [0, 0.05) is 9.75 Å². The molecule has 0 amide bonds. The molecule has 1 aliphatic carbocycles. The van der Waals surface area contributed by atoms with Gasteiger partial charge in [-0.25, -0.2) is 4.98 Å². The van der Waals surface area contributed by atoms with E-state index in [4.69, 9.17) is 0 Å². The number of hydrogen-bond donors (Lipinski definition) is 2. The predicted octanol–water partition coefficient (Wildman–Crippen LogP) is 3.88. The van der Waals surface area contributed by atoms with E-state index in [0.29, 0.717) is 6.42 Å². The molecule has 2 N–H and O–H groups in total. The van der Waals surface area contributed by atoms with Crippen molar-refractivity contribution in [1.29, 1.82) is 0 Å². The molecule has 20 heavy (non-hydrogen) atoms. The van der Waals surface area contributed by atoms with Gasteiger partial charge in [-0.15, -0.1) is 22.7 Å². The molecule has 2 heterocycles. The number of carbonyl (C=O) groups is 1. The average Bonchev–Trinajstić information content (AvgIpc) is 3.11. The molecule has 4 nitrogen and oxygen atoms in total. The molecule has 0 radical (unpaired) electrons. The Balaban J connectivity index is 1.79. The Morgan fingerprint density at radius 2 is 2.50 bits per heavy atom. The molecule has 2 aromatic heterocycles. The third-order valence-corrected chi connectivity index (χ3v) is 5.66. The van der Waals surface area contributed by atoms with Crippen molar-refractivity contribution >= 4 is 33.8 Å². The molecule has 0 fully saturated rings. The van der Waals surface area contributed by atoms with Crippen molar-refractivity contribution in [2.24, 2.45) is 0 Å². The van der Waals surface area contributed by atoms with E-state index < -0.39 is 11.9 Å². The number of carboxylic acid groups (broad SMARTS) is 1. The number of anilines is 1.